The van der Waals surface area contributed by atoms with E-state index in [9.17, 15) is 14.4 Å². The normalized spacial score (nSPS) is 14.5. The van der Waals surface area contributed by atoms with E-state index in [0.29, 0.717) is 40.4 Å². The van der Waals surface area contributed by atoms with Crippen LogP contribution in [0.25, 0.3) is 11.1 Å². The van der Waals surface area contributed by atoms with Gasteiger partial charge in [0.1, 0.15) is 0 Å². The fourth-order valence-corrected chi connectivity index (χ4v) is 4.37. The van der Waals surface area contributed by atoms with Gasteiger partial charge in [0.2, 0.25) is 11.7 Å². The number of thioether (sulfide) groups is 1. The molecule has 1 amide bonds. The van der Waals surface area contributed by atoms with Crippen LogP contribution in [-0.4, -0.2) is 32.4 Å². The Morgan fingerprint density at radius 2 is 1.84 bits per heavy atom. The zero-order chi connectivity index (χ0) is 22.7. The van der Waals surface area contributed by atoms with E-state index in [0.717, 1.165) is 11.1 Å². The molecule has 1 atom stereocenters. The summed E-state index contributed by atoms with van der Waals surface area (Å²) in [4.78, 5) is 37.0. The van der Waals surface area contributed by atoms with E-state index in [1.54, 1.807) is 12.1 Å². The molecule has 0 saturated heterocycles. The third kappa shape index (κ3) is 4.54. The van der Waals surface area contributed by atoms with Crippen LogP contribution in [0.1, 0.15) is 37.4 Å². The van der Waals surface area contributed by atoms with Crippen LogP contribution in [0.3, 0.4) is 0 Å². The van der Waals surface area contributed by atoms with Crippen molar-refractivity contribution in [2.75, 3.05) is 20.5 Å². The SMILES string of the molecule is COc1cc2c(c(OC)c1OC(C)=O)-c1ccc(SC)c(=O)cc1[C@@H](NC(C)=O)CC2. The maximum Gasteiger partial charge on any atom is 0.308 e. The lowest BCUT2D eigenvalue weighted by Crippen LogP contribution is -2.26. The van der Waals surface area contributed by atoms with E-state index in [2.05, 4.69) is 5.32 Å². The van der Waals surface area contributed by atoms with Gasteiger partial charge in [0, 0.05) is 19.4 Å². The molecular weight excluding hydrogens is 418 g/mol. The van der Waals surface area contributed by atoms with Crippen molar-refractivity contribution in [2.24, 2.45) is 0 Å². The van der Waals surface area contributed by atoms with Crippen LogP contribution in [-0.2, 0) is 16.0 Å². The Kier molecular flexibility index (Phi) is 6.90. The minimum absolute atomic E-state index is 0.125. The summed E-state index contributed by atoms with van der Waals surface area (Å²) in [6.07, 6.45) is 3.01. The minimum atomic E-state index is -0.508. The number of carbonyl (C=O) groups is 2. The molecule has 0 heterocycles. The molecule has 0 radical (unpaired) electrons. The van der Waals surface area contributed by atoms with Crippen LogP contribution in [0.15, 0.2) is 34.0 Å². The molecule has 0 aliphatic heterocycles. The molecule has 7 nitrogen and oxygen atoms in total. The standard InChI is InChI=1S/C23H25NO6S/c1-12(25)24-17-8-6-14-10-19(28-3)22(30-13(2)26)23(29-4)21(14)15-7-9-20(31-5)18(27)11-16(15)17/h7,9-11,17H,6,8H2,1-5H3,(H,24,25)/t17-/m0/s1. The molecule has 2 aromatic rings. The highest BCUT2D eigenvalue weighted by molar-refractivity contribution is 7.98. The summed E-state index contributed by atoms with van der Waals surface area (Å²) in [5.41, 5.74) is 2.92. The van der Waals surface area contributed by atoms with Crippen LogP contribution < -0.4 is 25.0 Å². The molecule has 1 aliphatic carbocycles. The highest BCUT2D eigenvalue weighted by Gasteiger charge is 2.30. The van der Waals surface area contributed by atoms with Gasteiger partial charge in [0.05, 0.1) is 25.2 Å². The van der Waals surface area contributed by atoms with Crippen LogP contribution in [0.2, 0.25) is 0 Å². The number of hydrogen-bond acceptors (Lipinski definition) is 7. The van der Waals surface area contributed by atoms with Gasteiger partial charge in [-0.3, -0.25) is 14.4 Å². The van der Waals surface area contributed by atoms with E-state index in [1.807, 2.05) is 18.4 Å². The van der Waals surface area contributed by atoms with Crippen LogP contribution in [0.4, 0.5) is 0 Å². The Hall–Kier alpha value is -3.00. The number of aryl methyl sites for hydroxylation is 1. The lowest BCUT2D eigenvalue weighted by atomic mass is 9.95. The molecule has 2 aromatic carbocycles. The predicted octanol–water partition coefficient (Wildman–Crippen LogP) is 3.50. The Labute approximate surface area is 185 Å². The molecular formula is C23H25NO6S. The Balaban J connectivity index is 2.42. The molecule has 8 heteroatoms. The van der Waals surface area contributed by atoms with Crippen LogP contribution in [0, 0.1) is 0 Å². The van der Waals surface area contributed by atoms with Gasteiger partial charge in [0.15, 0.2) is 16.9 Å². The van der Waals surface area contributed by atoms with E-state index >= 15 is 0 Å². The number of rotatable bonds is 5. The molecule has 31 heavy (non-hydrogen) atoms. The van der Waals surface area contributed by atoms with Crippen molar-refractivity contribution in [3.05, 3.63) is 45.6 Å². The van der Waals surface area contributed by atoms with Gasteiger partial charge in [-0.1, -0.05) is 6.07 Å². The van der Waals surface area contributed by atoms with Crippen LogP contribution >= 0.6 is 11.8 Å². The van der Waals surface area contributed by atoms with Crippen molar-refractivity contribution in [3.63, 3.8) is 0 Å². The smallest absolute Gasteiger partial charge is 0.308 e. The lowest BCUT2D eigenvalue weighted by molar-refractivity contribution is -0.132. The lowest BCUT2D eigenvalue weighted by Gasteiger charge is -2.19. The number of fused-ring (bicyclic) bond motifs is 3. The van der Waals surface area contributed by atoms with Gasteiger partial charge in [-0.25, -0.2) is 0 Å². The quantitative estimate of drug-likeness (QED) is 0.430. The number of amides is 1. The summed E-state index contributed by atoms with van der Waals surface area (Å²) in [7, 11) is 2.99. The Morgan fingerprint density at radius 3 is 2.42 bits per heavy atom. The van der Waals surface area contributed by atoms with Crippen molar-refractivity contribution in [2.45, 2.75) is 37.6 Å². The summed E-state index contributed by atoms with van der Waals surface area (Å²) in [5, 5.41) is 2.96. The topological polar surface area (TPSA) is 90.9 Å². The Bertz CT molecular complexity index is 1100. The summed E-state index contributed by atoms with van der Waals surface area (Å²) < 4.78 is 16.6. The molecule has 0 fully saturated rings. The van der Waals surface area contributed by atoms with Crippen LogP contribution in [0.5, 0.6) is 17.2 Å². The number of carbonyl (C=O) groups excluding carboxylic acids is 2. The van der Waals surface area contributed by atoms with Gasteiger partial charge in [0.25, 0.3) is 0 Å². The minimum Gasteiger partial charge on any atom is -0.493 e. The number of nitrogens with one attached hydrogen (secondary N) is 1. The maximum atomic E-state index is 12.8. The Morgan fingerprint density at radius 1 is 1.10 bits per heavy atom. The summed E-state index contributed by atoms with van der Waals surface area (Å²) in [6.45, 7) is 2.76. The second-order valence-corrected chi connectivity index (χ2v) is 7.99. The van der Waals surface area contributed by atoms with Crippen molar-refractivity contribution in [1.29, 1.82) is 0 Å². The molecule has 0 aromatic heterocycles. The molecule has 0 spiro atoms. The van der Waals surface area contributed by atoms with E-state index in [4.69, 9.17) is 14.2 Å². The van der Waals surface area contributed by atoms with Gasteiger partial charge in [-0.2, -0.15) is 0 Å². The number of methoxy groups -OCH3 is 2. The summed E-state index contributed by atoms with van der Waals surface area (Å²) in [5.74, 6) is 0.209. The number of ether oxygens (including phenoxy) is 3. The average molecular weight is 444 g/mol. The third-order valence-electron chi connectivity index (χ3n) is 5.14. The zero-order valence-electron chi connectivity index (χ0n) is 18.2. The first-order valence-electron chi connectivity index (χ1n) is 9.76. The first kappa shape index (κ1) is 22.7. The molecule has 0 saturated carbocycles. The van der Waals surface area contributed by atoms with Crippen molar-refractivity contribution in [3.8, 4) is 28.4 Å². The second kappa shape index (κ2) is 9.43. The van der Waals surface area contributed by atoms with Gasteiger partial charge >= 0.3 is 5.97 Å². The molecule has 0 bridgehead atoms. The number of hydrogen-bond donors (Lipinski definition) is 1. The molecule has 1 aliphatic rings. The molecule has 1 N–H and O–H groups in total. The zero-order valence-corrected chi connectivity index (χ0v) is 19.0. The van der Waals surface area contributed by atoms with Gasteiger partial charge in [-0.15, -0.1) is 11.8 Å². The van der Waals surface area contributed by atoms with Crippen molar-refractivity contribution >= 4 is 23.6 Å². The first-order valence-corrected chi connectivity index (χ1v) is 11.0. The second-order valence-electron chi connectivity index (χ2n) is 7.14. The third-order valence-corrected chi connectivity index (χ3v) is 5.92. The molecule has 3 rings (SSSR count). The predicted molar refractivity (Wildman–Crippen MR) is 119 cm³/mol. The molecule has 0 unspecified atom stereocenters. The van der Waals surface area contributed by atoms with Crippen molar-refractivity contribution in [1.82, 2.24) is 5.32 Å². The summed E-state index contributed by atoms with van der Waals surface area (Å²) >= 11 is 1.36. The van der Waals surface area contributed by atoms with E-state index in [-0.39, 0.29) is 23.1 Å². The number of esters is 1. The van der Waals surface area contributed by atoms with E-state index < -0.39 is 5.97 Å². The van der Waals surface area contributed by atoms with Crippen molar-refractivity contribution < 1.29 is 23.8 Å². The summed E-state index contributed by atoms with van der Waals surface area (Å²) in [6, 6.07) is 6.65. The van der Waals surface area contributed by atoms with Gasteiger partial charge in [-0.05, 0) is 54.0 Å². The maximum absolute atomic E-state index is 12.8. The monoisotopic (exact) mass is 443 g/mol. The fourth-order valence-electron chi connectivity index (χ4n) is 3.91. The highest BCUT2D eigenvalue weighted by Crippen LogP contribution is 2.50. The van der Waals surface area contributed by atoms with Gasteiger partial charge < -0.3 is 19.5 Å². The first-order chi connectivity index (χ1) is 14.8. The highest BCUT2D eigenvalue weighted by atomic mass is 32.2. The average Bonchev–Trinajstić information content (AvgIpc) is 2.96. The fraction of sp³-hybridized carbons (Fsp3) is 0.348. The van der Waals surface area contributed by atoms with E-state index in [1.165, 1.54) is 39.8 Å². The number of benzene rings is 1. The molecule has 164 valence electrons. The largest absolute Gasteiger partial charge is 0.493 e.